The molecule has 4 rings (SSSR count). The molecule has 0 amide bonds. The summed E-state index contributed by atoms with van der Waals surface area (Å²) in [6, 6.07) is 17.3. The highest BCUT2D eigenvalue weighted by Gasteiger charge is 2.58. The normalized spacial score (nSPS) is 19.5. The van der Waals surface area contributed by atoms with Gasteiger partial charge in [0, 0.05) is 35.3 Å². The van der Waals surface area contributed by atoms with E-state index in [9.17, 15) is 0 Å². The first kappa shape index (κ1) is 24.7. The van der Waals surface area contributed by atoms with Gasteiger partial charge < -0.3 is 4.66 Å². The fraction of sp³-hybridized carbons (Fsp3) is 0.300. The summed E-state index contributed by atoms with van der Waals surface area (Å²) in [6.07, 6.45) is 9.19. The second-order valence-electron chi connectivity index (χ2n) is 10.8. The summed E-state index contributed by atoms with van der Waals surface area (Å²) >= 11 is 0. The summed E-state index contributed by atoms with van der Waals surface area (Å²) in [5.74, 6) is 0.592. The van der Waals surface area contributed by atoms with Gasteiger partial charge in [0.2, 0.25) is 0 Å². The van der Waals surface area contributed by atoms with E-state index in [4.69, 9.17) is 9.65 Å². The van der Waals surface area contributed by atoms with Crippen LogP contribution >= 0.6 is 0 Å². The summed E-state index contributed by atoms with van der Waals surface area (Å²) in [5, 5.41) is -0.498. The standard InChI is InChI=1S/C30H34N4Si/c1-22-8-12-24(13-9-22)14-17-26-28(29(3,4)5)34-35(6,7)30(26,25-15-10-23(2)11-16-25)21-33-27-20-31-18-19-32-27/h8-16,18-21H,1-7H3. The van der Waals surface area contributed by atoms with Crippen molar-refractivity contribution in [2.75, 3.05) is 0 Å². The molecule has 2 heterocycles. The van der Waals surface area contributed by atoms with Crippen LogP contribution in [0, 0.1) is 19.3 Å². The van der Waals surface area contributed by atoms with E-state index in [2.05, 4.69) is 124 Å². The molecular weight excluding hydrogens is 444 g/mol. The van der Waals surface area contributed by atoms with E-state index in [1.165, 1.54) is 16.7 Å². The predicted octanol–water partition coefficient (Wildman–Crippen LogP) is 7.22. The van der Waals surface area contributed by atoms with E-state index >= 15 is 0 Å². The first-order chi connectivity index (χ1) is 16.5. The Morgan fingerprint density at radius 1 is 0.914 bits per heavy atom. The van der Waals surface area contributed by atoms with Crippen molar-refractivity contribution in [2.24, 2.45) is 15.1 Å². The highest BCUT2D eigenvalue weighted by Crippen LogP contribution is 2.49. The van der Waals surface area contributed by atoms with Gasteiger partial charge in [-0.3, -0.25) is 4.98 Å². The average Bonchev–Trinajstić information content (AvgIpc) is 3.05. The molecule has 1 unspecified atom stereocenters. The fourth-order valence-corrected chi connectivity index (χ4v) is 7.83. The molecule has 5 heteroatoms. The predicted molar refractivity (Wildman–Crippen MR) is 150 cm³/mol. The lowest BCUT2D eigenvalue weighted by atomic mass is 9.78. The first-order valence-corrected chi connectivity index (χ1v) is 15.0. The van der Waals surface area contributed by atoms with E-state index < -0.39 is 13.3 Å². The Labute approximate surface area is 210 Å². The van der Waals surface area contributed by atoms with Gasteiger partial charge in [-0.15, -0.1) is 5.73 Å². The zero-order chi connectivity index (χ0) is 25.3. The molecule has 4 nitrogen and oxygen atoms in total. The van der Waals surface area contributed by atoms with Gasteiger partial charge >= 0.3 is 0 Å². The van der Waals surface area contributed by atoms with Crippen molar-refractivity contribution in [2.45, 2.75) is 52.8 Å². The lowest BCUT2D eigenvalue weighted by Gasteiger charge is -2.36. The van der Waals surface area contributed by atoms with Crippen molar-refractivity contribution in [3.63, 3.8) is 0 Å². The Bertz CT molecular complexity index is 1320. The number of rotatable bonds is 4. The first-order valence-electron chi connectivity index (χ1n) is 12.1. The molecule has 0 saturated carbocycles. The highest BCUT2D eigenvalue weighted by atomic mass is 28.3. The Hall–Kier alpha value is -3.40. The Morgan fingerprint density at radius 3 is 2.11 bits per heavy atom. The summed E-state index contributed by atoms with van der Waals surface area (Å²) in [7, 11) is -2.34. The average molecular weight is 479 g/mol. The van der Waals surface area contributed by atoms with E-state index in [0.717, 1.165) is 16.8 Å². The lowest BCUT2D eigenvalue weighted by molar-refractivity contribution is 0.591. The Kier molecular flexibility index (Phi) is 6.59. The number of allylic oxidation sites excluding steroid dienone is 1. The van der Waals surface area contributed by atoms with E-state index in [1.807, 2.05) is 0 Å². The molecule has 2 aromatic carbocycles. The van der Waals surface area contributed by atoms with Gasteiger partial charge in [-0.2, -0.15) is 0 Å². The molecule has 1 atom stereocenters. The van der Waals surface area contributed by atoms with E-state index in [1.54, 1.807) is 18.6 Å². The zero-order valence-electron chi connectivity index (χ0n) is 21.8. The summed E-state index contributed by atoms with van der Waals surface area (Å²) in [4.78, 5) is 13.5. The smallest absolute Gasteiger partial charge is 0.196 e. The van der Waals surface area contributed by atoms with Gasteiger partial charge in [-0.1, -0.05) is 80.4 Å². The highest BCUT2D eigenvalue weighted by molar-refractivity contribution is 6.86. The number of aliphatic imine (C=N–C) groups is 1. The maximum atomic E-state index is 5.47. The van der Waals surface area contributed by atoms with Crippen LogP contribution in [0.3, 0.4) is 0 Å². The van der Waals surface area contributed by atoms with Crippen LogP contribution in [0.25, 0.3) is 6.08 Å². The SMILES string of the molecule is Cc1ccc(C=C=C2C(C(C)(C)C)=N[Si](C)(C)C2(C=Nc2cnccn2)c2ccc(C)cc2)cc1. The van der Waals surface area contributed by atoms with Crippen LogP contribution < -0.4 is 0 Å². The maximum absolute atomic E-state index is 5.47. The molecule has 0 spiro atoms. The molecule has 0 N–H and O–H groups in total. The Balaban J connectivity index is 2.03. The monoisotopic (exact) mass is 478 g/mol. The molecule has 178 valence electrons. The van der Waals surface area contributed by atoms with Crippen LogP contribution in [-0.2, 0) is 5.04 Å². The lowest BCUT2D eigenvalue weighted by Crippen LogP contribution is -2.50. The van der Waals surface area contributed by atoms with Gasteiger partial charge in [0.1, 0.15) is 0 Å². The van der Waals surface area contributed by atoms with Crippen molar-refractivity contribution in [1.29, 1.82) is 0 Å². The fourth-order valence-electron chi connectivity index (χ4n) is 4.59. The maximum Gasteiger partial charge on any atom is 0.196 e. The second-order valence-corrected chi connectivity index (χ2v) is 15.0. The molecule has 0 bridgehead atoms. The number of aryl methyl sites for hydroxylation is 2. The van der Waals surface area contributed by atoms with Gasteiger partial charge in [0.05, 0.1) is 11.2 Å². The molecule has 0 radical (unpaired) electrons. The minimum absolute atomic E-state index is 0.138. The molecule has 0 saturated heterocycles. The molecule has 0 aliphatic carbocycles. The molecule has 35 heavy (non-hydrogen) atoms. The number of hydrogen-bond donors (Lipinski definition) is 0. The minimum atomic E-state index is -2.34. The van der Waals surface area contributed by atoms with Crippen molar-refractivity contribution >= 4 is 32.1 Å². The van der Waals surface area contributed by atoms with Crippen molar-refractivity contribution < 1.29 is 0 Å². The van der Waals surface area contributed by atoms with Crippen LogP contribution in [0.15, 0.2) is 88.1 Å². The van der Waals surface area contributed by atoms with E-state index in [0.29, 0.717) is 5.82 Å². The number of aromatic nitrogens is 2. The van der Waals surface area contributed by atoms with Gasteiger partial charge in [0.15, 0.2) is 14.1 Å². The van der Waals surface area contributed by atoms with Crippen molar-refractivity contribution in [3.05, 3.63) is 101 Å². The largest absolute Gasteiger partial charge is 0.323 e. The minimum Gasteiger partial charge on any atom is -0.323 e. The quantitative estimate of drug-likeness (QED) is 0.226. The van der Waals surface area contributed by atoms with Gasteiger partial charge in [-0.25, -0.2) is 9.98 Å². The topological polar surface area (TPSA) is 50.5 Å². The van der Waals surface area contributed by atoms with Gasteiger partial charge in [-0.05, 0) is 44.1 Å². The number of benzene rings is 2. The molecule has 3 aromatic rings. The summed E-state index contributed by atoms with van der Waals surface area (Å²) in [5.41, 5.74) is 10.6. The molecule has 1 aliphatic heterocycles. The third kappa shape index (κ3) is 4.88. The second kappa shape index (κ2) is 9.33. The van der Waals surface area contributed by atoms with Gasteiger partial charge in [0.25, 0.3) is 0 Å². The Morgan fingerprint density at radius 2 is 1.54 bits per heavy atom. The van der Waals surface area contributed by atoms with Crippen molar-refractivity contribution in [1.82, 2.24) is 9.97 Å². The zero-order valence-corrected chi connectivity index (χ0v) is 22.8. The third-order valence-electron chi connectivity index (χ3n) is 6.61. The summed E-state index contributed by atoms with van der Waals surface area (Å²) in [6.45, 7) is 15.6. The molecule has 0 fully saturated rings. The molecular formula is C30H34N4Si. The van der Waals surface area contributed by atoms with Crippen molar-refractivity contribution in [3.8, 4) is 0 Å². The number of hydrogen-bond acceptors (Lipinski definition) is 4. The molecule has 1 aliphatic rings. The van der Waals surface area contributed by atoms with Crippen LogP contribution in [0.5, 0.6) is 0 Å². The van der Waals surface area contributed by atoms with Crippen LogP contribution in [0.4, 0.5) is 5.82 Å². The van der Waals surface area contributed by atoms with Crippen LogP contribution in [0.1, 0.15) is 43.0 Å². The van der Waals surface area contributed by atoms with Crippen LogP contribution in [-0.4, -0.2) is 30.1 Å². The summed E-state index contributed by atoms with van der Waals surface area (Å²) < 4.78 is 5.47. The molecule has 1 aromatic heterocycles. The van der Waals surface area contributed by atoms with Crippen LogP contribution in [0.2, 0.25) is 13.1 Å². The van der Waals surface area contributed by atoms with E-state index in [-0.39, 0.29) is 5.41 Å². The third-order valence-corrected chi connectivity index (χ3v) is 9.99. The number of nitrogens with zero attached hydrogens (tertiary/aromatic N) is 4.